The SMILES string of the molecule is CC(C)(C)C(=O)N1CCC[C@@H](N2C(=O)NC3(CCN(CCc4ccccc4)CC3)C2=O)C1. The molecule has 3 aliphatic heterocycles. The molecular weight excluding hydrogens is 404 g/mol. The molecule has 1 N–H and O–H groups in total. The Hall–Kier alpha value is -2.41. The Morgan fingerprint density at radius 1 is 1.09 bits per heavy atom. The van der Waals surface area contributed by atoms with Crippen LogP contribution in [-0.2, 0) is 16.0 Å². The van der Waals surface area contributed by atoms with Gasteiger partial charge in [-0.15, -0.1) is 0 Å². The molecule has 0 bridgehead atoms. The minimum atomic E-state index is -0.781. The molecule has 1 aromatic carbocycles. The number of likely N-dealkylation sites (tertiary alicyclic amines) is 2. The molecule has 3 saturated heterocycles. The predicted molar refractivity (Wildman–Crippen MR) is 123 cm³/mol. The van der Waals surface area contributed by atoms with Crippen molar-refractivity contribution >= 4 is 17.8 Å². The van der Waals surface area contributed by atoms with Crippen molar-refractivity contribution in [1.29, 1.82) is 0 Å². The summed E-state index contributed by atoms with van der Waals surface area (Å²) in [6.45, 7) is 9.41. The standard InChI is InChI=1S/C25H36N4O3/c1-24(2,3)21(30)28-14-7-10-20(18-28)29-22(31)25(26-23(29)32)12-16-27(17-13-25)15-11-19-8-5-4-6-9-19/h4-6,8-9,20H,7,10-18H2,1-3H3,(H,26,32)/t20-/m1/s1. The van der Waals surface area contributed by atoms with Crippen LogP contribution in [0.1, 0.15) is 52.0 Å². The fraction of sp³-hybridized carbons (Fsp3) is 0.640. The number of urea groups is 1. The highest BCUT2D eigenvalue weighted by Gasteiger charge is 2.54. The van der Waals surface area contributed by atoms with Crippen LogP contribution in [0.15, 0.2) is 30.3 Å². The minimum absolute atomic E-state index is 0.0793. The first-order valence-corrected chi connectivity index (χ1v) is 11.9. The van der Waals surface area contributed by atoms with Crippen LogP contribution in [0, 0.1) is 5.41 Å². The number of imide groups is 1. The highest BCUT2D eigenvalue weighted by Crippen LogP contribution is 2.33. The average molecular weight is 441 g/mol. The van der Waals surface area contributed by atoms with E-state index < -0.39 is 11.0 Å². The van der Waals surface area contributed by atoms with Crippen LogP contribution < -0.4 is 5.32 Å². The van der Waals surface area contributed by atoms with Crippen LogP contribution in [0.3, 0.4) is 0 Å². The van der Waals surface area contributed by atoms with E-state index in [2.05, 4.69) is 34.5 Å². The number of nitrogens with one attached hydrogen (secondary N) is 1. The van der Waals surface area contributed by atoms with Gasteiger partial charge in [-0.3, -0.25) is 14.5 Å². The number of hydrogen-bond donors (Lipinski definition) is 1. The van der Waals surface area contributed by atoms with Gasteiger partial charge in [-0.2, -0.15) is 0 Å². The van der Waals surface area contributed by atoms with E-state index in [-0.39, 0.29) is 23.9 Å². The third-order valence-electron chi connectivity index (χ3n) is 7.15. The van der Waals surface area contributed by atoms with Crippen molar-refractivity contribution in [3.8, 4) is 0 Å². The Bertz CT molecular complexity index is 856. The van der Waals surface area contributed by atoms with Crippen LogP contribution in [-0.4, -0.2) is 76.8 Å². The molecule has 3 heterocycles. The molecule has 4 rings (SSSR count). The maximum Gasteiger partial charge on any atom is 0.325 e. The second kappa shape index (κ2) is 8.85. The van der Waals surface area contributed by atoms with E-state index in [1.54, 1.807) is 0 Å². The summed E-state index contributed by atoms with van der Waals surface area (Å²) in [7, 11) is 0. The predicted octanol–water partition coefficient (Wildman–Crippen LogP) is 2.65. The summed E-state index contributed by atoms with van der Waals surface area (Å²) >= 11 is 0. The number of nitrogens with zero attached hydrogens (tertiary/aromatic N) is 3. The number of benzene rings is 1. The van der Waals surface area contributed by atoms with Crippen LogP contribution >= 0.6 is 0 Å². The van der Waals surface area contributed by atoms with Gasteiger partial charge in [0, 0.05) is 38.1 Å². The monoisotopic (exact) mass is 440 g/mol. The molecule has 1 aromatic rings. The van der Waals surface area contributed by atoms with Gasteiger partial charge < -0.3 is 15.1 Å². The fourth-order valence-corrected chi connectivity index (χ4v) is 5.23. The molecular formula is C25H36N4O3. The van der Waals surface area contributed by atoms with Crippen LogP contribution in [0.25, 0.3) is 0 Å². The highest BCUT2D eigenvalue weighted by molar-refractivity contribution is 6.07. The van der Waals surface area contributed by atoms with Crippen LogP contribution in [0.5, 0.6) is 0 Å². The van der Waals surface area contributed by atoms with Crippen molar-refractivity contribution in [3.05, 3.63) is 35.9 Å². The first kappa shape index (κ1) is 22.8. The highest BCUT2D eigenvalue weighted by atomic mass is 16.2. The Balaban J connectivity index is 1.36. The molecule has 0 saturated carbocycles. The molecule has 4 amide bonds. The summed E-state index contributed by atoms with van der Waals surface area (Å²) in [4.78, 5) is 44.8. The molecule has 3 fully saturated rings. The lowest BCUT2D eigenvalue weighted by molar-refractivity contribution is -0.144. The summed E-state index contributed by atoms with van der Waals surface area (Å²) in [6, 6.07) is 9.90. The summed E-state index contributed by atoms with van der Waals surface area (Å²) in [5.74, 6) is -0.0176. The lowest BCUT2D eigenvalue weighted by Crippen LogP contribution is -2.57. The van der Waals surface area contributed by atoms with Gasteiger partial charge >= 0.3 is 6.03 Å². The number of piperidine rings is 2. The first-order valence-electron chi connectivity index (χ1n) is 11.9. The van der Waals surface area contributed by atoms with Crippen molar-refractivity contribution in [2.75, 3.05) is 32.7 Å². The molecule has 7 nitrogen and oxygen atoms in total. The second-order valence-corrected chi connectivity index (χ2v) is 10.6. The van der Waals surface area contributed by atoms with Crippen molar-refractivity contribution in [2.45, 2.75) is 64.5 Å². The molecule has 0 unspecified atom stereocenters. The average Bonchev–Trinajstić information content (AvgIpc) is 3.02. The smallest absolute Gasteiger partial charge is 0.325 e. The third-order valence-corrected chi connectivity index (χ3v) is 7.15. The fourth-order valence-electron chi connectivity index (χ4n) is 5.23. The molecule has 0 aromatic heterocycles. The van der Waals surface area contributed by atoms with Gasteiger partial charge in [0.15, 0.2) is 0 Å². The lowest BCUT2D eigenvalue weighted by Gasteiger charge is -2.40. The van der Waals surface area contributed by atoms with E-state index in [1.165, 1.54) is 10.5 Å². The van der Waals surface area contributed by atoms with E-state index in [1.807, 2.05) is 31.7 Å². The summed E-state index contributed by atoms with van der Waals surface area (Å²) in [5, 5.41) is 3.04. The van der Waals surface area contributed by atoms with E-state index in [9.17, 15) is 14.4 Å². The summed E-state index contributed by atoms with van der Waals surface area (Å²) in [5.41, 5.74) is 0.0692. The van der Waals surface area contributed by atoms with Gasteiger partial charge in [-0.05, 0) is 37.7 Å². The Kier molecular flexibility index (Phi) is 6.30. The Labute approximate surface area is 191 Å². The van der Waals surface area contributed by atoms with Crippen molar-refractivity contribution in [3.63, 3.8) is 0 Å². The number of carbonyl (C=O) groups is 3. The zero-order valence-corrected chi connectivity index (χ0v) is 19.6. The van der Waals surface area contributed by atoms with Gasteiger partial charge in [0.2, 0.25) is 5.91 Å². The van der Waals surface area contributed by atoms with E-state index >= 15 is 0 Å². The molecule has 0 radical (unpaired) electrons. The molecule has 7 heteroatoms. The molecule has 174 valence electrons. The maximum absolute atomic E-state index is 13.5. The van der Waals surface area contributed by atoms with Gasteiger partial charge in [-0.25, -0.2) is 4.79 Å². The second-order valence-electron chi connectivity index (χ2n) is 10.6. The summed E-state index contributed by atoms with van der Waals surface area (Å²) < 4.78 is 0. The molecule has 0 aliphatic carbocycles. The molecule has 3 aliphatic rings. The van der Waals surface area contributed by atoms with Gasteiger partial charge in [0.05, 0.1) is 6.04 Å². The maximum atomic E-state index is 13.5. The van der Waals surface area contributed by atoms with Crippen molar-refractivity contribution in [1.82, 2.24) is 20.0 Å². The van der Waals surface area contributed by atoms with Gasteiger partial charge in [0.1, 0.15) is 5.54 Å². The van der Waals surface area contributed by atoms with Crippen LogP contribution in [0.4, 0.5) is 4.79 Å². The normalized spacial score (nSPS) is 24.2. The van der Waals surface area contributed by atoms with Crippen LogP contribution in [0.2, 0.25) is 0 Å². The Morgan fingerprint density at radius 2 is 1.78 bits per heavy atom. The zero-order valence-electron chi connectivity index (χ0n) is 19.6. The largest absolute Gasteiger partial charge is 0.340 e. The number of rotatable bonds is 4. The lowest BCUT2D eigenvalue weighted by atomic mass is 9.86. The zero-order chi connectivity index (χ0) is 22.9. The van der Waals surface area contributed by atoms with E-state index in [0.29, 0.717) is 25.9 Å². The quantitative estimate of drug-likeness (QED) is 0.731. The first-order chi connectivity index (χ1) is 15.2. The van der Waals surface area contributed by atoms with Gasteiger partial charge in [-0.1, -0.05) is 51.1 Å². The van der Waals surface area contributed by atoms with Crippen molar-refractivity contribution < 1.29 is 14.4 Å². The number of carbonyl (C=O) groups excluding carboxylic acids is 3. The molecule has 32 heavy (non-hydrogen) atoms. The minimum Gasteiger partial charge on any atom is -0.340 e. The van der Waals surface area contributed by atoms with Crippen molar-refractivity contribution in [2.24, 2.45) is 5.41 Å². The summed E-state index contributed by atoms with van der Waals surface area (Å²) in [6.07, 6.45) is 3.83. The Morgan fingerprint density at radius 3 is 2.44 bits per heavy atom. The topological polar surface area (TPSA) is 73.0 Å². The van der Waals surface area contributed by atoms with E-state index in [0.717, 1.165) is 38.9 Å². The third kappa shape index (κ3) is 4.53. The van der Waals surface area contributed by atoms with E-state index in [4.69, 9.17) is 0 Å². The number of amides is 4. The van der Waals surface area contributed by atoms with Gasteiger partial charge in [0.25, 0.3) is 5.91 Å². The number of hydrogen-bond acceptors (Lipinski definition) is 4. The molecule has 1 spiro atoms. The molecule has 1 atom stereocenters.